The van der Waals surface area contributed by atoms with Crippen LogP contribution in [0.5, 0.6) is 0 Å². The predicted molar refractivity (Wildman–Crippen MR) is 68.0 cm³/mol. The molecule has 0 saturated heterocycles. The van der Waals surface area contributed by atoms with Crippen molar-refractivity contribution in [3.8, 4) is 0 Å². The molecule has 0 aromatic carbocycles. The van der Waals surface area contributed by atoms with Crippen LogP contribution < -0.4 is 5.32 Å². The molecule has 0 bridgehead atoms. The highest BCUT2D eigenvalue weighted by Crippen LogP contribution is 2.43. The van der Waals surface area contributed by atoms with Gasteiger partial charge in [0, 0.05) is 6.04 Å². The van der Waals surface area contributed by atoms with E-state index in [9.17, 15) is 0 Å². The van der Waals surface area contributed by atoms with Crippen LogP contribution in [0.2, 0.25) is 0 Å². The summed E-state index contributed by atoms with van der Waals surface area (Å²) in [7, 11) is 2.13. The van der Waals surface area contributed by atoms with E-state index in [1.54, 1.807) is 0 Å². The second kappa shape index (κ2) is 5.34. The van der Waals surface area contributed by atoms with Gasteiger partial charge in [-0.2, -0.15) is 0 Å². The van der Waals surface area contributed by atoms with E-state index in [-0.39, 0.29) is 0 Å². The number of hydrogen-bond acceptors (Lipinski definition) is 1. The van der Waals surface area contributed by atoms with Crippen LogP contribution in [0, 0.1) is 17.3 Å². The minimum Gasteiger partial charge on any atom is -0.317 e. The van der Waals surface area contributed by atoms with Crippen molar-refractivity contribution in [3.05, 3.63) is 0 Å². The highest BCUT2D eigenvalue weighted by molar-refractivity contribution is 4.88. The van der Waals surface area contributed by atoms with Gasteiger partial charge in [-0.15, -0.1) is 0 Å². The third-order valence-electron chi connectivity index (χ3n) is 3.96. The summed E-state index contributed by atoms with van der Waals surface area (Å²) in [4.78, 5) is 0. The summed E-state index contributed by atoms with van der Waals surface area (Å²) in [6, 6.07) is 0.747. The third kappa shape index (κ3) is 3.79. The van der Waals surface area contributed by atoms with Crippen LogP contribution in [0.3, 0.4) is 0 Å². The Labute approximate surface area is 96.0 Å². The van der Waals surface area contributed by atoms with Crippen LogP contribution in [-0.4, -0.2) is 13.1 Å². The molecule has 0 amide bonds. The van der Waals surface area contributed by atoms with Crippen molar-refractivity contribution in [1.29, 1.82) is 0 Å². The van der Waals surface area contributed by atoms with Gasteiger partial charge in [0.25, 0.3) is 0 Å². The monoisotopic (exact) mass is 211 g/mol. The van der Waals surface area contributed by atoms with Crippen LogP contribution in [0.25, 0.3) is 0 Å². The molecule has 0 spiro atoms. The lowest BCUT2D eigenvalue weighted by molar-refractivity contribution is 0.106. The van der Waals surface area contributed by atoms with Gasteiger partial charge in [0.15, 0.2) is 0 Å². The Hall–Kier alpha value is -0.0400. The van der Waals surface area contributed by atoms with Gasteiger partial charge in [-0.25, -0.2) is 0 Å². The van der Waals surface area contributed by atoms with Crippen molar-refractivity contribution >= 4 is 0 Å². The van der Waals surface area contributed by atoms with E-state index in [0.29, 0.717) is 5.41 Å². The van der Waals surface area contributed by atoms with Crippen molar-refractivity contribution in [3.63, 3.8) is 0 Å². The molecule has 90 valence electrons. The van der Waals surface area contributed by atoms with Gasteiger partial charge < -0.3 is 5.32 Å². The molecule has 1 fully saturated rings. The molecule has 1 rings (SSSR count). The lowest BCUT2D eigenvalue weighted by Gasteiger charge is -2.42. The summed E-state index contributed by atoms with van der Waals surface area (Å²) < 4.78 is 0. The Morgan fingerprint density at radius 1 is 1.33 bits per heavy atom. The van der Waals surface area contributed by atoms with E-state index in [2.05, 4.69) is 40.1 Å². The van der Waals surface area contributed by atoms with Gasteiger partial charge in [0.05, 0.1) is 0 Å². The minimum absolute atomic E-state index is 0.561. The highest BCUT2D eigenvalue weighted by atomic mass is 14.9. The fourth-order valence-electron chi connectivity index (χ4n) is 3.65. The average Bonchev–Trinajstić information content (AvgIpc) is 2.10. The lowest BCUT2D eigenvalue weighted by Crippen LogP contribution is -2.40. The minimum atomic E-state index is 0.561. The van der Waals surface area contributed by atoms with Crippen molar-refractivity contribution < 1.29 is 0 Å². The predicted octanol–water partition coefficient (Wildman–Crippen LogP) is 3.84. The molecule has 3 atom stereocenters. The zero-order valence-corrected chi connectivity index (χ0v) is 11.3. The molecule has 0 aromatic heterocycles. The molecule has 1 aliphatic rings. The number of nitrogens with one attached hydrogen (secondary N) is 1. The lowest BCUT2D eigenvalue weighted by atomic mass is 9.65. The van der Waals surface area contributed by atoms with Crippen LogP contribution >= 0.6 is 0 Å². The van der Waals surface area contributed by atoms with E-state index in [1.165, 1.54) is 32.1 Å². The molecule has 1 saturated carbocycles. The second-order valence-electron chi connectivity index (χ2n) is 6.36. The maximum atomic E-state index is 3.53. The number of rotatable bonds is 4. The molecule has 0 heterocycles. The van der Waals surface area contributed by atoms with Crippen molar-refractivity contribution in [2.75, 3.05) is 7.05 Å². The first-order chi connectivity index (χ1) is 6.98. The largest absolute Gasteiger partial charge is 0.317 e. The normalized spacial score (nSPS) is 32.6. The van der Waals surface area contributed by atoms with E-state index < -0.39 is 0 Å². The fourth-order valence-corrected chi connectivity index (χ4v) is 3.65. The van der Waals surface area contributed by atoms with Crippen molar-refractivity contribution in [2.24, 2.45) is 17.3 Å². The second-order valence-corrected chi connectivity index (χ2v) is 6.36. The summed E-state index contributed by atoms with van der Waals surface area (Å²) in [6.45, 7) is 9.59. The Morgan fingerprint density at radius 2 is 2.00 bits per heavy atom. The fraction of sp³-hybridized carbons (Fsp3) is 1.00. The van der Waals surface area contributed by atoms with Crippen molar-refractivity contribution in [1.82, 2.24) is 5.32 Å². The molecule has 0 aromatic rings. The summed E-state index contributed by atoms with van der Waals surface area (Å²) in [5.41, 5.74) is 0.561. The Balaban J connectivity index is 2.59. The SMILES string of the molecule is CCCC(NC)C1CC(C)CC(C)(C)C1. The molecule has 1 aliphatic carbocycles. The summed E-state index contributed by atoms with van der Waals surface area (Å²) in [5.74, 6) is 1.81. The molecule has 1 heteroatoms. The van der Waals surface area contributed by atoms with Gasteiger partial charge in [0.1, 0.15) is 0 Å². The summed E-state index contributed by atoms with van der Waals surface area (Å²) in [5, 5.41) is 3.53. The van der Waals surface area contributed by atoms with E-state index in [1.807, 2.05) is 0 Å². The first-order valence-electron chi connectivity index (χ1n) is 6.65. The topological polar surface area (TPSA) is 12.0 Å². The highest BCUT2D eigenvalue weighted by Gasteiger charge is 2.34. The average molecular weight is 211 g/mol. The molecule has 1 nitrogen and oxygen atoms in total. The molecule has 0 radical (unpaired) electrons. The molecular formula is C14H29N. The third-order valence-corrected chi connectivity index (χ3v) is 3.96. The molecule has 0 aliphatic heterocycles. The van der Waals surface area contributed by atoms with Crippen LogP contribution in [-0.2, 0) is 0 Å². The van der Waals surface area contributed by atoms with E-state index in [4.69, 9.17) is 0 Å². The van der Waals surface area contributed by atoms with Gasteiger partial charge >= 0.3 is 0 Å². The zero-order valence-electron chi connectivity index (χ0n) is 11.3. The van der Waals surface area contributed by atoms with Gasteiger partial charge in [-0.1, -0.05) is 34.1 Å². The standard InChI is InChI=1S/C14H29N/c1-6-7-13(15-5)12-8-11(2)9-14(3,4)10-12/h11-13,15H,6-10H2,1-5H3. The molecule has 15 heavy (non-hydrogen) atoms. The molecule has 3 unspecified atom stereocenters. The maximum Gasteiger partial charge on any atom is 0.00925 e. The van der Waals surface area contributed by atoms with Crippen LogP contribution in [0.1, 0.15) is 59.8 Å². The molecular weight excluding hydrogens is 182 g/mol. The first-order valence-corrected chi connectivity index (χ1v) is 6.65. The Bertz CT molecular complexity index is 186. The van der Waals surface area contributed by atoms with E-state index >= 15 is 0 Å². The first kappa shape index (κ1) is 13.0. The Morgan fingerprint density at radius 3 is 2.47 bits per heavy atom. The summed E-state index contributed by atoms with van der Waals surface area (Å²) in [6.07, 6.45) is 6.88. The smallest absolute Gasteiger partial charge is 0.00925 e. The van der Waals surface area contributed by atoms with Gasteiger partial charge in [0.2, 0.25) is 0 Å². The van der Waals surface area contributed by atoms with E-state index in [0.717, 1.165) is 17.9 Å². The van der Waals surface area contributed by atoms with Crippen LogP contribution in [0.4, 0.5) is 0 Å². The van der Waals surface area contributed by atoms with Crippen LogP contribution in [0.15, 0.2) is 0 Å². The maximum absolute atomic E-state index is 3.53. The summed E-state index contributed by atoms with van der Waals surface area (Å²) >= 11 is 0. The molecule has 1 N–H and O–H groups in total. The van der Waals surface area contributed by atoms with Crippen molar-refractivity contribution in [2.45, 2.75) is 65.8 Å². The quantitative estimate of drug-likeness (QED) is 0.745. The van der Waals surface area contributed by atoms with Gasteiger partial charge in [-0.3, -0.25) is 0 Å². The van der Waals surface area contributed by atoms with Gasteiger partial charge in [-0.05, 0) is 50.0 Å². The number of hydrogen-bond donors (Lipinski definition) is 1. The Kier molecular flexibility index (Phi) is 4.64. The zero-order chi connectivity index (χ0) is 11.5.